The lowest BCUT2D eigenvalue weighted by atomic mass is 10.1. The van der Waals surface area contributed by atoms with Crippen molar-refractivity contribution < 1.29 is 4.79 Å². The van der Waals surface area contributed by atoms with E-state index in [4.69, 9.17) is 0 Å². The highest BCUT2D eigenvalue weighted by Crippen LogP contribution is 2.28. The van der Waals surface area contributed by atoms with Gasteiger partial charge in [0.2, 0.25) is 5.91 Å². The van der Waals surface area contributed by atoms with Gasteiger partial charge in [0.1, 0.15) is 11.6 Å². The predicted octanol–water partition coefficient (Wildman–Crippen LogP) is 1.38. The van der Waals surface area contributed by atoms with Gasteiger partial charge in [-0.2, -0.15) is 0 Å². The predicted molar refractivity (Wildman–Crippen MR) is 97.6 cm³/mol. The second-order valence-electron chi connectivity index (χ2n) is 7.43. The molecule has 4 heterocycles. The molecule has 0 aliphatic carbocycles. The van der Waals surface area contributed by atoms with E-state index in [1.54, 1.807) is 6.92 Å². The topological polar surface area (TPSA) is 67.2 Å². The Morgan fingerprint density at radius 1 is 1.19 bits per heavy atom. The van der Waals surface area contributed by atoms with Gasteiger partial charge in [0.25, 0.3) is 0 Å². The number of amides is 1. The molecule has 0 saturated carbocycles. The molecule has 2 aliphatic heterocycles. The van der Waals surface area contributed by atoms with E-state index < -0.39 is 0 Å². The summed E-state index contributed by atoms with van der Waals surface area (Å²) >= 11 is 0. The summed E-state index contributed by atoms with van der Waals surface area (Å²) in [6.07, 6.45) is 3.82. The van der Waals surface area contributed by atoms with Crippen molar-refractivity contribution in [3.8, 4) is 0 Å². The number of fused-ring (bicyclic) bond motifs is 1. The standard InChI is InChI=1S/C19H26N6O/c1-14-3-4-17(20-11-14)13-23-7-5-16(12-23)19-22-21-18-6-8-24(15(2)26)9-10-25(18)19/h3-4,11,16H,5-10,12-13H2,1-2H3. The number of rotatable bonds is 3. The molecule has 0 bridgehead atoms. The fraction of sp³-hybridized carbons (Fsp3) is 0.579. The van der Waals surface area contributed by atoms with Crippen LogP contribution in [0.5, 0.6) is 0 Å². The Hall–Kier alpha value is -2.28. The molecule has 4 rings (SSSR count). The Labute approximate surface area is 154 Å². The highest BCUT2D eigenvalue weighted by molar-refractivity contribution is 5.73. The molecule has 2 aromatic heterocycles. The third-order valence-corrected chi connectivity index (χ3v) is 5.50. The molecule has 1 atom stereocenters. The van der Waals surface area contributed by atoms with Crippen molar-refractivity contribution in [2.75, 3.05) is 26.2 Å². The molecule has 2 aliphatic rings. The van der Waals surface area contributed by atoms with Crippen LogP contribution in [0, 0.1) is 6.92 Å². The number of carbonyl (C=O) groups is 1. The number of hydrogen-bond donors (Lipinski definition) is 0. The molecule has 0 aromatic carbocycles. The number of carbonyl (C=O) groups excluding carboxylic acids is 1. The van der Waals surface area contributed by atoms with E-state index >= 15 is 0 Å². The van der Waals surface area contributed by atoms with Crippen molar-refractivity contribution in [3.63, 3.8) is 0 Å². The summed E-state index contributed by atoms with van der Waals surface area (Å²) in [7, 11) is 0. The van der Waals surface area contributed by atoms with E-state index in [1.807, 2.05) is 11.1 Å². The van der Waals surface area contributed by atoms with Crippen LogP contribution >= 0.6 is 0 Å². The van der Waals surface area contributed by atoms with Gasteiger partial charge in [-0.15, -0.1) is 10.2 Å². The van der Waals surface area contributed by atoms with Crippen molar-refractivity contribution in [2.24, 2.45) is 0 Å². The summed E-state index contributed by atoms with van der Waals surface area (Å²) in [5.74, 6) is 2.65. The minimum absolute atomic E-state index is 0.142. The van der Waals surface area contributed by atoms with Crippen LogP contribution in [0.2, 0.25) is 0 Å². The van der Waals surface area contributed by atoms with E-state index in [0.29, 0.717) is 5.92 Å². The van der Waals surface area contributed by atoms with Crippen LogP contribution in [0.4, 0.5) is 0 Å². The zero-order chi connectivity index (χ0) is 18.1. The monoisotopic (exact) mass is 354 g/mol. The maximum Gasteiger partial charge on any atom is 0.219 e. The van der Waals surface area contributed by atoms with Gasteiger partial charge in [0.05, 0.1) is 5.69 Å². The Morgan fingerprint density at radius 2 is 2.08 bits per heavy atom. The lowest BCUT2D eigenvalue weighted by molar-refractivity contribution is -0.128. The van der Waals surface area contributed by atoms with Gasteiger partial charge in [0, 0.05) is 58.2 Å². The molecule has 7 heteroatoms. The Morgan fingerprint density at radius 3 is 2.85 bits per heavy atom. The van der Waals surface area contributed by atoms with Gasteiger partial charge < -0.3 is 9.47 Å². The van der Waals surface area contributed by atoms with E-state index in [-0.39, 0.29) is 5.91 Å². The summed E-state index contributed by atoms with van der Waals surface area (Å²) < 4.78 is 2.25. The molecule has 1 amide bonds. The summed E-state index contributed by atoms with van der Waals surface area (Å²) in [6.45, 7) is 8.92. The van der Waals surface area contributed by atoms with Crippen LogP contribution in [-0.2, 0) is 24.3 Å². The zero-order valence-corrected chi connectivity index (χ0v) is 15.6. The van der Waals surface area contributed by atoms with Crippen LogP contribution < -0.4 is 0 Å². The smallest absolute Gasteiger partial charge is 0.219 e. The fourth-order valence-electron chi connectivity index (χ4n) is 3.97. The second-order valence-corrected chi connectivity index (χ2v) is 7.43. The van der Waals surface area contributed by atoms with Crippen LogP contribution in [0.3, 0.4) is 0 Å². The van der Waals surface area contributed by atoms with Gasteiger partial charge >= 0.3 is 0 Å². The molecule has 2 aromatic rings. The maximum absolute atomic E-state index is 11.7. The maximum atomic E-state index is 11.7. The molecule has 26 heavy (non-hydrogen) atoms. The number of pyridine rings is 1. The Bertz CT molecular complexity index is 784. The Kier molecular flexibility index (Phi) is 4.72. The van der Waals surface area contributed by atoms with Gasteiger partial charge in [0.15, 0.2) is 0 Å². The number of aryl methyl sites for hydroxylation is 1. The molecule has 1 saturated heterocycles. The first-order chi connectivity index (χ1) is 12.6. The van der Waals surface area contributed by atoms with Crippen LogP contribution in [0.15, 0.2) is 18.3 Å². The molecule has 0 spiro atoms. The van der Waals surface area contributed by atoms with E-state index in [1.165, 1.54) is 5.56 Å². The summed E-state index contributed by atoms with van der Waals surface area (Å²) in [6, 6.07) is 4.23. The molecular weight excluding hydrogens is 328 g/mol. The minimum Gasteiger partial charge on any atom is -0.341 e. The third kappa shape index (κ3) is 3.49. The van der Waals surface area contributed by atoms with Crippen molar-refractivity contribution in [1.82, 2.24) is 29.5 Å². The van der Waals surface area contributed by atoms with E-state index in [2.05, 4.69) is 43.7 Å². The molecule has 1 fully saturated rings. The first kappa shape index (κ1) is 17.1. The molecular formula is C19H26N6O. The van der Waals surface area contributed by atoms with Crippen molar-refractivity contribution in [3.05, 3.63) is 41.2 Å². The minimum atomic E-state index is 0.142. The largest absolute Gasteiger partial charge is 0.341 e. The second kappa shape index (κ2) is 7.15. The Balaban J connectivity index is 1.43. The summed E-state index contributed by atoms with van der Waals surface area (Å²) in [5.41, 5.74) is 2.31. The quantitative estimate of drug-likeness (QED) is 0.833. The molecule has 0 radical (unpaired) electrons. The number of hydrogen-bond acceptors (Lipinski definition) is 5. The number of aromatic nitrogens is 4. The first-order valence-electron chi connectivity index (χ1n) is 9.41. The fourth-order valence-corrected chi connectivity index (χ4v) is 3.97. The lowest BCUT2D eigenvalue weighted by Crippen LogP contribution is -2.31. The van der Waals surface area contributed by atoms with E-state index in [9.17, 15) is 4.79 Å². The molecule has 1 unspecified atom stereocenters. The van der Waals surface area contributed by atoms with Gasteiger partial charge in [-0.25, -0.2) is 0 Å². The lowest BCUT2D eigenvalue weighted by Gasteiger charge is -2.18. The van der Waals surface area contributed by atoms with Gasteiger partial charge in [-0.1, -0.05) is 6.07 Å². The van der Waals surface area contributed by atoms with Crippen LogP contribution in [-0.4, -0.2) is 61.6 Å². The van der Waals surface area contributed by atoms with Crippen molar-refractivity contribution >= 4 is 5.91 Å². The first-order valence-corrected chi connectivity index (χ1v) is 9.41. The van der Waals surface area contributed by atoms with E-state index in [0.717, 1.165) is 69.5 Å². The summed E-state index contributed by atoms with van der Waals surface area (Å²) in [5, 5.41) is 8.93. The molecule has 0 N–H and O–H groups in total. The van der Waals surface area contributed by atoms with Crippen molar-refractivity contribution in [2.45, 2.75) is 45.7 Å². The zero-order valence-electron chi connectivity index (χ0n) is 15.6. The highest BCUT2D eigenvalue weighted by atomic mass is 16.2. The molecule has 138 valence electrons. The van der Waals surface area contributed by atoms with Gasteiger partial charge in [-0.05, 0) is 31.5 Å². The van der Waals surface area contributed by atoms with Crippen molar-refractivity contribution in [1.29, 1.82) is 0 Å². The number of nitrogens with zero attached hydrogens (tertiary/aromatic N) is 6. The normalized spacial score (nSPS) is 20.8. The SMILES string of the molecule is CC(=O)N1CCc2nnc(C3CCN(Cc4ccc(C)cn4)C3)n2CC1. The number of likely N-dealkylation sites (tertiary alicyclic amines) is 1. The average Bonchev–Trinajstić information content (AvgIpc) is 3.18. The highest BCUT2D eigenvalue weighted by Gasteiger charge is 2.30. The van der Waals surface area contributed by atoms with Crippen LogP contribution in [0.1, 0.15) is 42.2 Å². The molecule has 7 nitrogen and oxygen atoms in total. The average molecular weight is 354 g/mol. The van der Waals surface area contributed by atoms with Gasteiger partial charge in [-0.3, -0.25) is 14.7 Å². The summed E-state index contributed by atoms with van der Waals surface area (Å²) in [4.78, 5) is 20.5. The van der Waals surface area contributed by atoms with Crippen LogP contribution in [0.25, 0.3) is 0 Å². The third-order valence-electron chi connectivity index (χ3n) is 5.50.